The molecular weight excluding hydrogens is 377 g/mol. The second-order valence-electron chi connectivity index (χ2n) is 5.91. The van der Waals surface area contributed by atoms with E-state index in [0.717, 1.165) is 17.4 Å². The van der Waals surface area contributed by atoms with Crippen LogP contribution in [-0.4, -0.2) is 17.0 Å². The Bertz CT molecular complexity index is 942. The molecule has 1 N–H and O–H groups in total. The Morgan fingerprint density at radius 1 is 1.04 bits per heavy atom. The first-order valence-electron chi connectivity index (χ1n) is 8.02. The zero-order chi connectivity index (χ0) is 19.6. The van der Waals surface area contributed by atoms with Crippen molar-refractivity contribution >= 4 is 34.7 Å². The first-order chi connectivity index (χ1) is 12.8. The van der Waals surface area contributed by atoms with Gasteiger partial charge in [-0.25, -0.2) is 4.98 Å². The summed E-state index contributed by atoms with van der Waals surface area (Å²) in [7, 11) is 1.71. The number of aromatic nitrogens is 2. The van der Waals surface area contributed by atoms with Crippen LogP contribution in [0, 0.1) is 6.92 Å². The maximum Gasteiger partial charge on any atom is 0.421 e. The highest BCUT2D eigenvalue weighted by molar-refractivity contribution is 6.30. The molecule has 27 heavy (non-hydrogen) atoms. The summed E-state index contributed by atoms with van der Waals surface area (Å²) < 4.78 is 40.1. The Hall–Kier alpha value is -2.80. The number of alkyl halides is 3. The van der Waals surface area contributed by atoms with E-state index < -0.39 is 11.7 Å². The fraction of sp³-hybridized carbons (Fsp3) is 0.158. The molecule has 3 aromatic rings. The highest BCUT2D eigenvalue weighted by Gasteiger charge is 2.35. The molecule has 1 aromatic heterocycles. The highest BCUT2D eigenvalue weighted by atomic mass is 35.5. The maximum absolute atomic E-state index is 13.4. The number of nitrogens with zero attached hydrogens (tertiary/aromatic N) is 3. The lowest BCUT2D eigenvalue weighted by Crippen LogP contribution is -2.18. The van der Waals surface area contributed by atoms with Gasteiger partial charge in [-0.1, -0.05) is 29.8 Å². The molecule has 2 aromatic carbocycles. The van der Waals surface area contributed by atoms with Crippen molar-refractivity contribution in [3.8, 4) is 0 Å². The van der Waals surface area contributed by atoms with Crippen molar-refractivity contribution in [2.24, 2.45) is 0 Å². The van der Waals surface area contributed by atoms with E-state index in [1.54, 1.807) is 36.2 Å². The average Bonchev–Trinajstić information content (AvgIpc) is 2.62. The van der Waals surface area contributed by atoms with Crippen LogP contribution < -0.4 is 10.2 Å². The SMILES string of the molecule is Cc1ccccc1N(C)c1ncc(C(F)(F)F)c(Nc2ccc(Cl)cc2)n1. The molecular formula is C19H16ClF3N4. The molecule has 3 rings (SSSR count). The number of anilines is 4. The molecule has 0 saturated heterocycles. The van der Waals surface area contributed by atoms with E-state index >= 15 is 0 Å². The monoisotopic (exact) mass is 392 g/mol. The largest absolute Gasteiger partial charge is 0.421 e. The van der Waals surface area contributed by atoms with Crippen molar-refractivity contribution in [1.29, 1.82) is 0 Å². The predicted molar refractivity (Wildman–Crippen MR) is 101 cm³/mol. The molecule has 0 aliphatic rings. The van der Waals surface area contributed by atoms with Gasteiger partial charge in [0.25, 0.3) is 0 Å². The summed E-state index contributed by atoms with van der Waals surface area (Å²) in [6, 6.07) is 13.8. The maximum atomic E-state index is 13.4. The molecule has 0 unspecified atom stereocenters. The van der Waals surface area contributed by atoms with Crippen LogP contribution in [0.15, 0.2) is 54.7 Å². The van der Waals surface area contributed by atoms with Crippen LogP contribution in [0.2, 0.25) is 5.02 Å². The molecule has 0 amide bonds. The minimum absolute atomic E-state index is 0.147. The summed E-state index contributed by atoms with van der Waals surface area (Å²) in [5, 5.41) is 3.20. The summed E-state index contributed by atoms with van der Waals surface area (Å²) in [6.45, 7) is 1.91. The van der Waals surface area contributed by atoms with Crippen molar-refractivity contribution in [3.05, 3.63) is 70.9 Å². The van der Waals surface area contributed by atoms with E-state index in [2.05, 4.69) is 15.3 Å². The van der Waals surface area contributed by atoms with Gasteiger partial charge in [-0.3, -0.25) is 0 Å². The van der Waals surface area contributed by atoms with Gasteiger partial charge in [0.15, 0.2) is 0 Å². The number of para-hydroxylation sites is 1. The summed E-state index contributed by atoms with van der Waals surface area (Å²) in [4.78, 5) is 9.68. The molecule has 0 bridgehead atoms. The smallest absolute Gasteiger partial charge is 0.340 e. The lowest BCUT2D eigenvalue weighted by atomic mass is 10.2. The van der Waals surface area contributed by atoms with Gasteiger partial charge in [-0.15, -0.1) is 0 Å². The second kappa shape index (κ2) is 7.44. The Balaban J connectivity index is 2.02. The molecule has 0 aliphatic heterocycles. The van der Waals surface area contributed by atoms with Crippen molar-refractivity contribution < 1.29 is 13.2 Å². The van der Waals surface area contributed by atoms with Gasteiger partial charge in [-0.05, 0) is 42.8 Å². The van der Waals surface area contributed by atoms with E-state index in [9.17, 15) is 13.2 Å². The van der Waals surface area contributed by atoms with Gasteiger partial charge in [0.1, 0.15) is 11.4 Å². The molecule has 0 fully saturated rings. The number of nitrogens with one attached hydrogen (secondary N) is 1. The Morgan fingerprint density at radius 3 is 2.33 bits per heavy atom. The predicted octanol–water partition coefficient (Wildman–Crippen LogP) is 5.97. The molecule has 4 nitrogen and oxygen atoms in total. The molecule has 140 valence electrons. The van der Waals surface area contributed by atoms with Crippen LogP contribution in [-0.2, 0) is 6.18 Å². The van der Waals surface area contributed by atoms with Crippen LogP contribution in [0.5, 0.6) is 0 Å². The number of rotatable bonds is 4. The lowest BCUT2D eigenvalue weighted by molar-refractivity contribution is -0.137. The number of benzene rings is 2. The molecule has 8 heteroatoms. The van der Waals surface area contributed by atoms with E-state index in [-0.39, 0.29) is 11.8 Å². The fourth-order valence-corrected chi connectivity index (χ4v) is 2.68. The number of aryl methyl sites for hydroxylation is 1. The van der Waals surface area contributed by atoms with Crippen molar-refractivity contribution in [2.45, 2.75) is 13.1 Å². The van der Waals surface area contributed by atoms with Crippen LogP contribution in [0.4, 0.5) is 36.3 Å². The van der Waals surface area contributed by atoms with Gasteiger partial charge < -0.3 is 10.2 Å². The minimum atomic E-state index is -4.59. The van der Waals surface area contributed by atoms with Crippen LogP contribution in [0.25, 0.3) is 0 Å². The quantitative estimate of drug-likeness (QED) is 0.594. The zero-order valence-corrected chi connectivity index (χ0v) is 15.3. The summed E-state index contributed by atoms with van der Waals surface area (Å²) in [6.07, 6.45) is -3.80. The number of hydrogen-bond donors (Lipinski definition) is 1. The van der Waals surface area contributed by atoms with Gasteiger partial charge in [0, 0.05) is 29.6 Å². The Labute approximate surface area is 159 Å². The van der Waals surface area contributed by atoms with Gasteiger partial charge >= 0.3 is 6.18 Å². The van der Waals surface area contributed by atoms with E-state index in [1.807, 2.05) is 31.2 Å². The summed E-state index contributed by atoms with van der Waals surface area (Å²) in [5.41, 5.74) is 1.25. The van der Waals surface area contributed by atoms with Crippen LogP contribution in [0.1, 0.15) is 11.1 Å². The van der Waals surface area contributed by atoms with Crippen molar-refractivity contribution in [1.82, 2.24) is 9.97 Å². The molecule has 0 radical (unpaired) electrons. The van der Waals surface area contributed by atoms with E-state index in [1.165, 1.54) is 0 Å². The zero-order valence-electron chi connectivity index (χ0n) is 14.5. The fourth-order valence-electron chi connectivity index (χ4n) is 2.55. The number of hydrogen-bond acceptors (Lipinski definition) is 4. The van der Waals surface area contributed by atoms with Crippen LogP contribution >= 0.6 is 11.6 Å². The van der Waals surface area contributed by atoms with Gasteiger partial charge in [-0.2, -0.15) is 18.2 Å². The Morgan fingerprint density at radius 2 is 1.70 bits per heavy atom. The highest BCUT2D eigenvalue weighted by Crippen LogP contribution is 2.36. The Kier molecular flexibility index (Phi) is 5.23. The molecule has 0 saturated carbocycles. The van der Waals surface area contributed by atoms with Crippen molar-refractivity contribution in [3.63, 3.8) is 0 Å². The standard InChI is InChI=1S/C19H16ClF3N4/c1-12-5-3-4-6-16(12)27(2)18-24-11-15(19(21,22)23)17(26-18)25-14-9-7-13(20)8-10-14/h3-11H,1-2H3,(H,24,25,26). The molecule has 0 aliphatic carbocycles. The molecule has 1 heterocycles. The third-order valence-electron chi connectivity index (χ3n) is 3.97. The third-order valence-corrected chi connectivity index (χ3v) is 4.22. The number of halogens is 4. The molecule has 0 spiro atoms. The lowest BCUT2D eigenvalue weighted by Gasteiger charge is -2.21. The second-order valence-corrected chi connectivity index (χ2v) is 6.34. The minimum Gasteiger partial charge on any atom is -0.340 e. The van der Waals surface area contributed by atoms with Gasteiger partial charge in [0.05, 0.1) is 0 Å². The van der Waals surface area contributed by atoms with Crippen molar-refractivity contribution in [2.75, 3.05) is 17.3 Å². The summed E-state index contributed by atoms with van der Waals surface area (Å²) >= 11 is 5.83. The summed E-state index contributed by atoms with van der Waals surface area (Å²) in [5.74, 6) is -0.177. The third kappa shape index (κ3) is 4.31. The van der Waals surface area contributed by atoms with Crippen LogP contribution in [0.3, 0.4) is 0 Å². The van der Waals surface area contributed by atoms with Gasteiger partial charge in [0.2, 0.25) is 5.95 Å². The molecule has 0 atom stereocenters. The van der Waals surface area contributed by atoms with E-state index in [4.69, 9.17) is 11.6 Å². The normalized spacial score (nSPS) is 11.3. The first-order valence-corrected chi connectivity index (χ1v) is 8.39. The first kappa shape index (κ1) is 19.0. The average molecular weight is 393 g/mol. The van der Waals surface area contributed by atoms with E-state index in [0.29, 0.717) is 10.7 Å². The topological polar surface area (TPSA) is 41.1 Å².